The third kappa shape index (κ3) is 8.75. The van der Waals surface area contributed by atoms with Gasteiger partial charge in [0.25, 0.3) is 5.91 Å². The van der Waals surface area contributed by atoms with Crippen molar-refractivity contribution in [3.05, 3.63) is 53.9 Å². The highest BCUT2D eigenvalue weighted by atomic mass is 16.2. The Morgan fingerprint density at radius 2 is 1.89 bits per heavy atom. The van der Waals surface area contributed by atoms with Crippen molar-refractivity contribution in [1.82, 2.24) is 9.88 Å². The Hall–Kier alpha value is -3.26. The van der Waals surface area contributed by atoms with Crippen molar-refractivity contribution >= 4 is 29.4 Å². The van der Waals surface area contributed by atoms with Gasteiger partial charge in [0, 0.05) is 42.7 Å². The lowest BCUT2D eigenvalue weighted by Gasteiger charge is -2.33. The number of amides is 1. The van der Waals surface area contributed by atoms with Crippen LogP contribution in [-0.4, -0.2) is 60.6 Å². The van der Waals surface area contributed by atoms with Crippen molar-refractivity contribution < 1.29 is 9.59 Å². The Labute approximate surface area is 215 Å². The molecule has 36 heavy (non-hydrogen) atoms. The molecule has 1 aromatic carbocycles. The summed E-state index contributed by atoms with van der Waals surface area (Å²) in [5.41, 5.74) is 7.39. The molecule has 3 rings (SSSR count). The molecular weight excluding hydrogens is 452 g/mol. The molecule has 1 saturated carbocycles. The van der Waals surface area contributed by atoms with E-state index in [-0.39, 0.29) is 18.2 Å². The lowest BCUT2D eigenvalue weighted by Crippen LogP contribution is -2.41. The van der Waals surface area contributed by atoms with Crippen LogP contribution in [0.15, 0.2) is 47.7 Å². The quantitative estimate of drug-likeness (QED) is 0.166. The Bertz CT molecular complexity index is 958. The van der Waals surface area contributed by atoms with Gasteiger partial charge in [-0.3, -0.25) is 19.6 Å². The Morgan fingerprint density at radius 1 is 1.11 bits per heavy atom. The lowest BCUT2D eigenvalue weighted by atomic mass is 9.93. The molecule has 0 aliphatic heterocycles. The maximum absolute atomic E-state index is 13.4. The number of nitrogens with one attached hydrogen (secondary N) is 2. The van der Waals surface area contributed by atoms with Gasteiger partial charge in [-0.25, -0.2) is 0 Å². The molecule has 0 bridgehead atoms. The van der Waals surface area contributed by atoms with Crippen LogP contribution in [0.4, 0.5) is 11.4 Å². The molecular formula is C28H42N6O2. The molecule has 0 saturated heterocycles. The van der Waals surface area contributed by atoms with Crippen LogP contribution in [0.25, 0.3) is 0 Å². The highest BCUT2D eigenvalue weighted by Gasteiger charge is 2.25. The molecule has 1 heterocycles. The summed E-state index contributed by atoms with van der Waals surface area (Å²) in [7, 11) is 1.50. The van der Waals surface area contributed by atoms with Gasteiger partial charge in [-0.2, -0.15) is 0 Å². The first kappa shape index (κ1) is 29.0. The maximum atomic E-state index is 13.4. The van der Waals surface area contributed by atoms with Gasteiger partial charge >= 0.3 is 0 Å². The van der Waals surface area contributed by atoms with E-state index in [1.807, 2.05) is 23.1 Å². The van der Waals surface area contributed by atoms with Crippen molar-refractivity contribution in [3.8, 4) is 0 Å². The number of hydrogen-bond donors (Lipinski definition) is 3. The van der Waals surface area contributed by atoms with Crippen LogP contribution >= 0.6 is 0 Å². The van der Waals surface area contributed by atoms with E-state index in [1.54, 1.807) is 24.5 Å². The summed E-state index contributed by atoms with van der Waals surface area (Å²) in [5, 5.41) is 6.62. The van der Waals surface area contributed by atoms with Crippen molar-refractivity contribution in [2.75, 3.05) is 37.3 Å². The second-order valence-corrected chi connectivity index (χ2v) is 8.70. The number of ketones is 1. The minimum atomic E-state index is -0.0950. The van der Waals surface area contributed by atoms with Crippen LogP contribution in [-0.2, 0) is 0 Å². The van der Waals surface area contributed by atoms with Gasteiger partial charge in [-0.1, -0.05) is 32.6 Å². The number of unbranched alkanes of at least 4 members (excludes halogenated alkanes) is 1. The van der Waals surface area contributed by atoms with Crippen molar-refractivity contribution in [2.45, 2.75) is 64.8 Å². The molecule has 0 unspecified atom stereocenters. The van der Waals surface area contributed by atoms with Crippen LogP contribution in [0.5, 0.6) is 0 Å². The van der Waals surface area contributed by atoms with E-state index in [0.717, 1.165) is 43.6 Å². The van der Waals surface area contributed by atoms with Gasteiger partial charge in [0.1, 0.15) is 6.54 Å². The fourth-order valence-electron chi connectivity index (χ4n) is 4.34. The molecule has 0 spiro atoms. The summed E-state index contributed by atoms with van der Waals surface area (Å²) in [5.74, 6) is -0.0244. The summed E-state index contributed by atoms with van der Waals surface area (Å²) in [6, 6.07) is 9.53. The number of benzene rings is 1. The van der Waals surface area contributed by atoms with Gasteiger partial charge in [0.2, 0.25) is 0 Å². The Kier molecular flexibility index (Phi) is 13.2. The molecule has 2 aromatic rings. The fourth-order valence-corrected chi connectivity index (χ4v) is 4.34. The van der Waals surface area contributed by atoms with Gasteiger partial charge in [-0.15, -0.1) is 0 Å². The number of carbonyl (C=O) groups is 2. The number of Topliss-reactive ketones (excluding diaryl/α,β-unsaturated/α-hetero) is 1. The van der Waals surface area contributed by atoms with Crippen LogP contribution in [0.1, 0.15) is 79.5 Å². The molecule has 1 aromatic heterocycles. The molecule has 8 nitrogen and oxygen atoms in total. The number of anilines is 2. The highest BCUT2D eigenvalue weighted by Crippen LogP contribution is 2.27. The van der Waals surface area contributed by atoms with Gasteiger partial charge in [-0.05, 0) is 63.6 Å². The Morgan fingerprint density at radius 3 is 2.56 bits per heavy atom. The largest absolute Gasteiger partial charge is 0.383 e. The molecule has 1 aliphatic rings. The zero-order valence-corrected chi connectivity index (χ0v) is 22.0. The first-order valence-corrected chi connectivity index (χ1v) is 13.1. The minimum Gasteiger partial charge on any atom is -0.383 e. The number of rotatable bonds is 12. The zero-order valence-electron chi connectivity index (χ0n) is 22.0. The summed E-state index contributed by atoms with van der Waals surface area (Å²) < 4.78 is 0. The van der Waals surface area contributed by atoms with E-state index in [4.69, 9.17) is 0 Å². The predicted octanol–water partition coefficient (Wildman–Crippen LogP) is 4.99. The molecule has 0 atom stereocenters. The van der Waals surface area contributed by atoms with Crippen molar-refractivity contribution in [1.29, 1.82) is 0 Å². The summed E-state index contributed by atoms with van der Waals surface area (Å²) in [4.78, 5) is 35.9. The molecule has 8 heteroatoms. The average molecular weight is 495 g/mol. The first-order valence-electron chi connectivity index (χ1n) is 13.1. The second kappa shape index (κ2) is 16.4. The average Bonchev–Trinajstić information content (AvgIpc) is 2.94. The molecule has 4 N–H and O–H groups in total. The standard InChI is InChI=1S/C27H37N5O2.CH5N/c1-3-5-16-30-24-14-13-21(27(34)32(4-2)23-11-7-6-8-12-23)17-25(24)31-20-29-19-26(33)22-10-9-15-28-18-22;1-2/h9-10,13-15,17-18,20,23,30H,3-8,11-12,16,19H2,1-2H3,(H,29,31);2H2,1H3. The topological polar surface area (TPSA) is 113 Å². The van der Waals surface area contributed by atoms with Crippen LogP contribution < -0.4 is 16.4 Å². The number of carbonyl (C=O) groups excluding carboxylic acids is 2. The third-order valence-electron chi connectivity index (χ3n) is 6.26. The third-order valence-corrected chi connectivity index (χ3v) is 6.26. The van der Waals surface area contributed by atoms with Gasteiger partial charge in [0.15, 0.2) is 5.78 Å². The van der Waals surface area contributed by atoms with E-state index in [9.17, 15) is 9.59 Å². The minimum absolute atomic E-state index is 0.0290. The number of hydrogen-bond acceptors (Lipinski definition) is 6. The SMILES string of the molecule is CCCCNc1ccc(C(=O)N(CC)C2CCCCC2)cc1NC=NCC(=O)c1cccnc1.CN. The molecule has 0 radical (unpaired) electrons. The number of nitrogens with two attached hydrogens (primary N) is 1. The molecule has 1 aliphatic carbocycles. The second-order valence-electron chi connectivity index (χ2n) is 8.70. The summed E-state index contributed by atoms with van der Waals surface area (Å²) >= 11 is 0. The number of nitrogens with zero attached hydrogens (tertiary/aromatic N) is 3. The van der Waals surface area contributed by atoms with Crippen molar-refractivity contribution in [2.24, 2.45) is 10.7 Å². The van der Waals surface area contributed by atoms with E-state index < -0.39 is 0 Å². The monoisotopic (exact) mass is 494 g/mol. The van der Waals surface area contributed by atoms with Gasteiger partial charge in [0.05, 0.1) is 17.7 Å². The maximum Gasteiger partial charge on any atom is 0.254 e. The molecule has 1 fully saturated rings. The Balaban J connectivity index is 0.00000222. The van der Waals surface area contributed by atoms with E-state index in [1.165, 1.54) is 32.6 Å². The smallest absolute Gasteiger partial charge is 0.254 e. The van der Waals surface area contributed by atoms with E-state index in [0.29, 0.717) is 23.7 Å². The highest BCUT2D eigenvalue weighted by molar-refractivity contribution is 5.99. The summed E-state index contributed by atoms with van der Waals surface area (Å²) in [6.07, 6.45) is 12.7. The van der Waals surface area contributed by atoms with E-state index >= 15 is 0 Å². The van der Waals surface area contributed by atoms with Crippen LogP contribution in [0.3, 0.4) is 0 Å². The lowest BCUT2D eigenvalue weighted by molar-refractivity contribution is 0.0648. The molecule has 196 valence electrons. The number of aliphatic imine (C=N–C) groups is 1. The first-order chi connectivity index (χ1) is 17.6. The number of pyridine rings is 1. The van der Waals surface area contributed by atoms with Crippen LogP contribution in [0.2, 0.25) is 0 Å². The normalized spacial score (nSPS) is 13.6. The number of aromatic nitrogens is 1. The summed E-state index contributed by atoms with van der Waals surface area (Å²) in [6.45, 7) is 5.79. The van der Waals surface area contributed by atoms with Gasteiger partial charge < -0.3 is 21.3 Å². The van der Waals surface area contributed by atoms with E-state index in [2.05, 4.69) is 40.2 Å². The zero-order chi connectivity index (χ0) is 26.2. The van der Waals surface area contributed by atoms with Crippen molar-refractivity contribution in [3.63, 3.8) is 0 Å². The fraction of sp³-hybridized carbons (Fsp3) is 0.500. The predicted molar refractivity (Wildman–Crippen MR) is 149 cm³/mol. The molecule has 1 amide bonds. The van der Waals surface area contributed by atoms with Crippen LogP contribution in [0, 0.1) is 0 Å².